The predicted molar refractivity (Wildman–Crippen MR) is 105 cm³/mol. The van der Waals surface area contributed by atoms with Gasteiger partial charge in [-0.15, -0.1) is 0 Å². The number of pyridine rings is 1. The number of benzene rings is 1. The van der Waals surface area contributed by atoms with Crippen LogP contribution in [0, 0.1) is 17.0 Å². The number of nitrogens with zero attached hydrogens (tertiary/aromatic N) is 4. The van der Waals surface area contributed by atoms with Crippen LogP contribution in [-0.2, 0) is 4.74 Å². The second-order valence-electron chi connectivity index (χ2n) is 6.34. The van der Waals surface area contributed by atoms with E-state index >= 15 is 0 Å². The first kappa shape index (κ1) is 20.3. The Bertz CT molecular complexity index is 1290. The number of amidine groups is 1. The molecule has 11 heteroatoms. The van der Waals surface area contributed by atoms with E-state index in [0.29, 0.717) is 16.8 Å². The molecule has 2 N–H and O–H groups in total. The van der Waals surface area contributed by atoms with Crippen LogP contribution >= 0.6 is 0 Å². The monoisotopic (exact) mass is 430 g/mol. The van der Waals surface area contributed by atoms with Crippen LogP contribution in [0.2, 0.25) is 0 Å². The van der Waals surface area contributed by atoms with Crippen molar-refractivity contribution >= 4 is 17.4 Å². The maximum atomic E-state index is 14.3. The molecule has 0 atom stereocenters. The lowest BCUT2D eigenvalue weighted by atomic mass is 10.0. The molecule has 0 bridgehead atoms. The number of fused-ring (bicyclic) bond motifs is 1. The summed E-state index contributed by atoms with van der Waals surface area (Å²) < 4.78 is 60.3. The molecule has 0 spiro atoms. The summed E-state index contributed by atoms with van der Waals surface area (Å²) in [7, 11) is 1.03. The molecule has 4 rings (SSSR count). The van der Waals surface area contributed by atoms with Crippen LogP contribution in [0.4, 0.5) is 17.6 Å². The molecule has 0 saturated carbocycles. The van der Waals surface area contributed by atoms with Gasteiger partial charge in [-0.3, -0.25) is 14.9 Å². The molecule has 158 valence electrons. The molecule has 0 radical (unpaired) electrons. The second kappa shape index (κ2) is 8.01. The first-order valence-electron chi connectivity index (χ1n) is 8.86. The average Bonchev–Trinajstić information content (AvgIpc) is 3.38. The minimum absolute atomic E-state index is 0.0593. The van der Waals surface area contributed by atoms with Crippen LogP contribution in [0.5, 0.6) is 0 Å². The van der Waals surface area contributed by atoms with Crippen LogP contribution < -0.4 is 0 Å². The van der Waals surface area contributed by atoms with E-state index < -0.39 is 29.8 Å². The number of imidazole rings is 1. The van der Waals surface area contributed by atoms with E-state index in [1.165, 1.54) is 22.9 Å². The Morgan fingerprint density at radius 2 is 1.94 bits per heavy atom. The van der Waals surface area contributed by atoms with Gasteiger partial charge in [-0.05, 0) is 24.3 Å². The zero-order chi connectivity index (χ0) is 22.1. The maximum absolute atomic E-state index is 14.3. The van der Waals surface area contributed by atoms with Crippen LogP contribution in [0.3, 0.4) is 0 Å². The number of methoxy groups -OCH3 is 1. The zero-order valence-corrected chi connectivity index (χ0v) is 15.9. The molecule has 0 aliphatic rings. The zero-order valence-electron chi connectivity index (χ0n) is 15.9. The summed E-state index contributed by atoms with van der Waals surface area (Å²) in [5.74, 6) is -2.93. The highest BCUT2D eigenvalue weighted by molar-refractivity contribution is 6.03. The topological polar surface area (TPSA) is 91.4 Å². The predicted octanol–water partition coefficient (Wildman–Crippen LogP) is 4.30. The van der Waals surface area contributed by atoms with Gasteiger partial charge in [0, 0.05) is 23.5 Å². The molecule has 0 aliphatic carbocycles. The highest BCUT2D eigenvalue weighted by Gasteiger charge is 2.20. The van der Waals surface area contributed by atoms with Gasteiger partial charge < -0.3 is 4.74 Å². The highest BCUT2D eigenvalue weighted by atomic mass is 19.3. The molecule has 4 aromatic rings. The van der Waals surface area contributed by atoms with Crippen molar-refractivity contribution in [2.24, 2.45) is 4.99 Å². The summed E-state index contributed by atoms with van der Waals surface area (Å²) >= 11 is 0. The number of nitrogens with one attached hydrogen (secondary N) is 2. The first-order chi connectivity index (χ1) is 14.9. The van der Waals surface area contributed by atoms with Crippen molar-refractivity contribution in [3.05, 3.63) is 66.3 Å². The molecule has 0 fully saturated rings. The van der Waals surface area contributed by atoms with Gasteiger partial charge in [0.25, 0.3) is 5.90 Å². The van der Waals surface area contributed by atoms with Crippen molar-refractivity contribution < 1.29 is 22.3 Å². The van der Waals surface area contributed by atoms with Gasteiger partial charge in [-0.2, -0.15) is 18.9 Å². The molecule has 3 aromatic heterocycles. The number of hydrogen-bond donors (Lipinski definition) is 2. The third kappa shape index (κ3) is 3.65. The van der Waals surface area contributed by atoms with E-state index in [0.717, 1.165) is 19.2 Å². The Hall–Kier alpha value is -4.02. The van der Waals surface area contributed by atoms with Crippen LogP contribution in [-0.4, -0.2) is 44.9 Å². The number of halogens is 4. The quantitative estimate of drug-likeness (QED) is 0.287. The fourth-order valence-corrected chi connectivity index (χ4v) is 3.09. The first-order valence-corrected chi connectivity index (χ1v) is 8.86. The fraction of sp³-hybridized carbons (Fsp3) is 0.100. The van der Waals surface area contributed by atoms with E-state index in [-0.39, 0.29) is 17.0 Å². The van der Waals surface area contributed by atoms with E-state index in [1.54, 1.807) is 18.3 Å². The number of alkyl halides is 2. The Morgan fingerprint density at radius 1 is 1.19 bits per heavy atom. The standard InChI is InChI=1S/C20H14F4N6O/c1-31-20(18(23)24)28-19(25)14-8-26-15-6-5-10(9-30(14)15)11-7-27-29-17(11)16-12(21)3-2-4-13(16)22/h2-9,18,25H,1H3,(H,27,29)/b25-19?,28-20-. The number of ether oxygens (including phenoxy) is 1. The van der Waals surface area contributed by atoms with E-state index in [2.05, 4.69) is 24.9 Å². The van der Waals surface area contributed by atoms with Gasteiger partial charge in [-0.25, -0.2) is 13.8 Å². The third-order valence-corrected chi connectivity index (χ3v) is 4.52. The van der Waals surface area contributed by atoms with Gasteiger partial charge in [0.1, 0.15) is 28.7 Å². The lowest BCUT2D eigenvalue weighted by Gasteiger charge is -2.08. The fourth-order valence-electron chi connectivity index (χ4n) is 3.09. The number of rotatable bonds is 4. The van der Waals surface area contributed by atoms with Crippen LogP contribution in [0.15, 0.2) is 53.9 Å². The van der Waals surface area contributed by atoms with E-state index in [1.807, 2.05) is 0 Å². The number of aromatic amines is 1. The summed E-state index contributed by atoms with van der Waals surface area (Å²) in [6.07, 6.45) is 1.34. The summed E-state index contributed by atoms with van der Waals surface area (Å²) in [5.41, 5.74) is 1.19. The van der Waals surface area contributed by atoms with E-state index in [4.69, 9.17) is 5.41 Å². The maximum Gasteiger partial charge on any atom is 0.312 e. The summed E-state index contributed by atoms with van der Waals surface area (Å²) in [6, 6.07) is 6.78. The minimum atomic E-state index is -2.98. The lowest BCUT2D eigenvalue weighted by Crippen LogP contribution is -2.15. The number of aromatic nitrogens is 4. The van der Waals surface area contributed by atoms with Crippen LogP contribution in [0.1, 0.15) is 5.69 Å². The van der Waals surface area contributed by atoms with Gasteiger partial charge in [0.2, 0.25) is 0 Å². The number of aliphatic imine (C=N–C) groups is 1. The van der Waals surface area contributed by atoms with E-state index in [9.17, 15) is 17.6 Å². The average molecular weight is 430 g/mol. The molecular weight excluding hydrogens is 416 g/mol. The van der Waals surface area contributed by atoms with Crippen molar-refractivity contribution in [3.63, 3.8) is 0 Å². The van der Waals surface area contributed by atoms with Crippen molar-refractivity contribution in [2.45, 2.75) is 6.43 Å². The molecule has 0 amide bonds. The molecule has 0 saturated heterocycles. The van der Waals surface area contributed by atoms with Gasteiger partial charge >= 0.3 is 6.43 Å². The Morgan fingerprint density at radius 3 is 2.61 bits per heavy atom. The largest absolute Gasteiger partial charge is 0.480 e. The highest BCUT2D eigenvalue weighted by Crippen LogP contribution is 2.33. The molecule has 7 nitrogen and oxygen atoms in total. The normalized spacial score (nSPS) is 12.0. The van der Waals surface area contributed by atoms with Crippen molar-refractivity contribution in [3.8, 4) is 22.4 Å². The van der Waals surface area contributed by atoms with Gasteiger partial charge in [0.15, 0.2) is 5.84 Å². The van der Waals surface area contributed by atoms with Crippen LogP contribution in [0.25, 0.3) is 28.0 Å². The molecule has 31 heavy (non-hydrogen) atoms. The van der Waals surface area contributed by atoms with Crippen molar-refractivity contribution in [2.75, 3.05) is 7.11 Å². The Balaban J connectivity index is 1.82. The molecule has 0 unspecified atom stereocenters. The summed E-state index contributed by atoms with van der Waals surface area (Å²) in [6.45, 7) is 0. The lowest BCUT2D eigenvalue weighted by molar-refractivity contribution is 0.185. The minimum Gasteiger partial charge on any atom is -0.480 e. The van der Waals surface area contributed by atoms with Crippen molar-refractivity contribution in [1.29, 1.82) is 5.41 Å². The Labute approximate surface area is 172 Å². The molecular formula is C20H14F4N6O. The number of H-pyrrole nitrogens is 1. The van der Waals surface area contributed by atoms with Gasteiger partial charge in [-0.1, -0.05) is 6.07 Å². The Kier molecular flexibility index (Phi) is 5.24. The summed E-state index contributed by atoms with van der Waals surface area (Å²) in [4.78, 5) is 7.65. The third-order valence-electron chi connectivity index (χ3n) is 4.52. The number of hydrogen-bond acceptors (Lipinski definition) is 4. The smallest absolute Gasteiger partial charge is 0.312 e. The van der Waals surface area contributed by atoms with Crippen molar-refractivity contribution in [1.82, 2.24) is 19.6 Å². The van der Waals surface area contributed by atoms with Gasteiger partial charge in [0.05, 0.1) is 18.9 Å². The second-order valence-corrected chi connectivity index (χ2v) is 6.34. The SMILES string of the molecule is CO/C(=N\C(=N)c1cnc2ccc(-c3c[nH]nc3-c3c(F)cccc3F)cn12)C(F)F. The summed E-state index contributed by atoms with van der Waals surface area (Å²) in [5, 5.41) is 14.6. The molecule has 0 aliphatic heterocycles. The molecule has 3 heterocycles. The molecule has 1 aromatic carbocycles.